The molecule has 4 heteroatoms. The van der Waals surface area contributed by atoms with Crippen molar-refractivity contribution in [1.82, 2.24) is 0 Å². The molecule has 0 aliphatic heterocycles. The lowest BCUT2D eigenvalue weighted by Gasteiger charge is -2.04. The molecular weight excluding hydrogens is 244 g/mol. The van der Waals surface area contributed by atoms with Crippen LogP contribution in [0, 0.1) is 0 Å². The van der Waals surface area contributed by atoms with E-state index in [0.29, 0.717) is 25.2 Å². The molecule has 0 aliphatic carbocycles. The van der Waals surface area contributed by atoms with Crippen molar-refractivity contribution in [3.05, 3.63) is 35.9 Å². The molecule has 0 amide bonds. The highest BCUT2D eigenvalue weighted by atomic mass is 16.5. The Hall–Kier alpha value is -1.68. The number of carbonyl (C=O) groups excluding carboxylic acids is 2. The van der Waals surface area contributed by atoms with Crippen LogP contribution in [0.5, 0.6) is 0 Å². The second-order valence-electron chi connectivity index (χ2n) is 4.13. The average Bonchev–Trinajstić information content (AvgIpc) is 2.45. The highest BCUT2D eigenvalue weighted by Crippen LogP contribution is 2.02. The minimum atomic E-state index is -0.455. The van der Waals surface area contributed by atoms with Crippen LogP contribution < -0.4 is 0 Å². The lowest BCUT2D eigenvalue weighted by atomic mass is 10.2. The van der Waals surface area contributed by atoms with Crippen molar-refractivity contribution in [1.29, 1.82) is 0 Å². The highest BCUT2D eigenvalue weighted by molar-refractivity contribution is 5.91. The lowest BCUT2D eigenvalue weighted by molar-refractivity contribution is -0.122. The second-order valence-corrected chi connectivity index (χ2v) is 4.13. The lowest BCUT2D eigenvalue weighted by Crippen LogP contribution is -2.14. The predicted octanol–water partition coefficient (Wildman–Crippen LogP) is 2.62. The van der Waals surface area contributed by atoms with Gasteiger partial charge in [0.2, 0.25) is 0 Å². The summed E-state index contributed by atoms with van der Waals surface area (Å²) in [6.07, 6.45) is 2.04. The van der Waals surface area contributed by atoms with Crippen molar-refractivity contribution in [3.63, 3.8) is 0 Å². The highest BCUT2D eigenvalue weighted by Gasteiger charge is 2.09. The molecule has 0 heterocycles. The van der Waals surface area contributed by atoms with E-state index in [1.54, 1.807) is 24.3 Å². The third-order valence-electron chi connectivity index (χ3n) is 2.57. The average molecular weight is 264 g/mol. The van der Waals surface area contributed by atoms with E-state index >= 15 is 0 Å². The van der Waals surface area contributed by atoms with Crippen LogP contribution in [0.2, 0.25) is 0 Å². The Morgan fingerprint density at radius 1 is 1.11 bits per heavy atom. The maximum atomic E-state index is 11.6. The van der Waals surface area contributed by atoms with E-state index in [0.717, 1.165) is 12.8 Å². The Labute approximate surface area is 113 Å². The van der Waals surface area contributed by atoms with Crippen molar-refractivity contribution in [2.45, 2.75) is 26.2 Å². The molecule has 0 N–H and O–H groups in total. The van der Waals surface area contributed by atoms with Crippen molar-refractivity contribution < 1.29 is 19.1 Å². The summed E-state index contributed by atoms with van der Waals surface area (Å²) in [4.78, 5) is 23.1. The van der Waals surface area contributed by atoms with E-state index in [2.05, 4.69) is 0 Å². The third kappa shape index (κ3) is 6.72. The van der Waals surface area contributed by atoms with E-state index in [4.69, 9.17) is 9.47 Å². The van der Waals surface area contributed by atoms with E-state index in [-0.39, 0.29) is 12.4 Å². The minimum absolute atomic E-state index is 0.0548. The summed E-state index contributed by atoms with van der Waals surface area (Å²) in [6, 6.07) is 8.66. The number of hydrogen-bond donors (Lipinski definition) is 0. The number of hydrogen-bond acceptors (Lipinski definition) is 4. The van der Waals surface area contributed by atoms with Crippen LogP contribution in [0.4, 0.5) is 0 Å². The first kappa shape index (κ1) is 15.4. The number of unbranched alkanes of at least 4 members (excludes halogenated alkanes) is 1. The van der Waals surface area contributed by atoms with Gasteiger partial charge in [0.05, 0.1) is 5.56 Å². The summed E-state index contributed by atoms with van der Waals surface area (Å²) >= 11 is 0. The van der Waals surface area contributed by atoms with Crippen LogP contribution >= 0.6 is 0 Å². The molecule has 0 unspecified atom stereocenters. The Kier molecular flexibility index (Phi) is 7.51. The van der Waals surface area contributed by atoms with Crippen LogP contribution in [-0.4, -0.2) is 31.6 Å². The molecule has 19 heavy (non-hydrogen) atoms. The molecular formula is C15H20O4. The van der Waals surface area contributed by atoms with Gasteiger partial charge in [0.1, 0.15) is 6.61 Å². The number of ether oxygens (including phenoxy) is 2. The summed E-state index contributed by atoms with van der Waals surface area (Å²) < 4.78 is 10.1. The number of carbonyl (C=O) groups is 2. The molecule has 1 rings (SSSR count). The molecule has 0 saturated heterocycles. The maximum Gasteiger partial charge on any atom is 0.338 e. The maximum absolute atomic E-state index is 11.6. The number of ketones is 1. The van der Waals surface area contributed by atoms with Gasteiger partial charge in [0.25, 0.3) is 0 Å². The summed E-state index contributed by atoms with van der Waals surface area (Å²) in [5, 5.41) is 0. The fourth-order valence-electron chi connectivity index (χ4n) is 1.55. The number of esters is 1. The van der Waals surface area contributed by atoms with Crippen LogP contribution in [0.1, 0.15) is 36.5 Å². The van der Waals surface area contributed by atoms with E-state index < -0.39 is 5.97 Å². The first-order valence-electron chi connectivity index (χ1n) is 6.55. The Bertz CT molecular complexity index is 386. The fourth-order valence-corrected chi connectivity index (χ4v) is 1.55. The zero-order valence-electron chi connectivity index (χ0n) is 11.3. The second kappa shape index (κ2) is 9.28. The fraction of sp³-hybridized carbons (Fsp3) is 0.467. The Morgan fingerprint density at radius 2 is 1.84 bits per heavy atom. The van der Waals surface area contributed by atoms with Crippen molar-refractivity contribution in [2.24, 2.45) is 0 Å². The molecule has 0 fully saturated rings. The van der Waals surface area contributed by atoms with Gasteiger partial charge in [-0.15, -0.1) is 0 Å². The van der Waals surface area contributed by atoms with Crippen LogP contribution in [0.3, 0.4) is 0 Å². The number of rotatable bonds is 9. The van der Waals surface area contributed by atoms with Gasteiger partial charge < -0.3 is 9.47 Å². The van der Waals surface area contributed by atoms with Crippen molar-refractivity contribution >= 4 is 11.8 Å². The topological polar surface area (TPSA) is 52.6 Å². The molecule has 0 atom stereocenters. The SMILES string of the molecule is CCOCCCCC(=O)COC(=O)c1ccccc1. The Balaban J connectivity index is 2.15. The van der Waals surface area contributed by atoms with Gasteiger partial charge in [0.15, 0.2) is 5.78 Å². The minimum Gasteiger partial charge on any atom is -0.454 e. The van der Waals surface area contributed by atoms with Gasteiger partial charge in [-0.1, -0.05) is 18.2 Å². The summed E-state index contributed by atoms with van der Waals surface area (Å²) in [7, 11) is 0. The standard InChI is InChI=1S/C15H20O4/c1-2-18-11-7-6-10-14(16)12-19-15(17)13-8-4-3-5-9-13/h3-5,8-9H,2,6-7,10-12H2,1H3. The van der Waals surface area contributed by atoms with Gasteiger partial charge in [-0.2, -0.15) is 0 Å². The molecule has 0 bridgehead atoms. The monoisotopic (exact) mass is 264 g/mol. The van der Waals surface area contributed by atoms with Crippen molar-refractivity contribution in [2.75, 3.05) is 19.8 Å². The summed E-state index contributed by atoms with van der Waals surface area (Å²) in [5.74, 6) is -0.510. The molecule has 0 aliphatic rings. The van der Waals surface area contributed by atoms with E-state index in [1.165, 1.54) is 0 Å². The smallest absolute Gasteiger partial charge is 0.338 e. The first-order valence-corrected chi connectivity index (χ1v) is 6.55. The quantitative estimate of drug-likeness (QED) is 0.508. The van der Waals surface area contributed by atoms with E-state index in [1.807, 2.05) is 13.0 Å². The van der Waals surface area contributed by atoms with Gasteiger partial charge >= 0.3 is 5.97 Å². The molecule has 1 aromatic rings. The van der Waals surface area contributed by atoms with E-state index in [9.17, 15) is 9.59 Å². The third-order valence-corrected chi connectivity index (χ3v) is 2.57. The molecule has 0 spiro atoms. The zero-order chi connectivity index (χ0) is 13.9. The van der Waals surface area contributed by atoms with Gasteiger partial charge in [-0.05, 0) is 31.9 Å². The van der Waals surface area contributed by atoms with Gasteiger partial charge in [0, 0.05) is 19.6 Å². The van der Waals surface area contributed by atoms with Gasteiger partial charge in [-0.3, -0.25) is 4.79 Å². The molecule has 4 nitrogen and oxygen atoms in total. The summed E-state index contributed by atoms with van der Waals surface area (Å²) in [6.45, 7) is 3.16. The first-order chi connectivity index (χ1) is 9.24. The van der Waals surface area contributed by atoms with Crippen LogP contribution in [-0.2, 0) is 14.3 Å². The van der Waals surface area contributed by atoms with Crippen LogP contribution in [0.15, 0.2) is 30.3 Å². The molecule has 1 aromatic carbocycles. The predicted molar refractivity (Wildman–Crippen MR) is 72.1 cm³/mol. The molecule has 0 aromatic heterocycles. The van der Waals surface area contributed by atoms with Crippen LogP contribution in [0.25, 0.3) is 0 Å². The van der Waals surface area contributed by atoms with Crippen molar-refractivity contribution in [3.8, 4) is 0 Å². The normalized spacial score (nSPS) is 10.2. The number of benzene rings is 1. The number of Topliss-reactive ketones (excluding diaryl/α,β-unsaturated/α-hetero) is 1. The van der Waals surface area contributed by atoms with Gasteiger partial charge in [-0.25, -0.2) is 4.79 Å². The summed E-state index contributed by atoms with van der Waals surface area (Å²) in [5.41, 5.74) is 0.464. The zero-order valence-corrected chi connectivity index (χ0v) is 11.3. The Morgan fingerprint density at radius 3 is 2.53 bits per heavy atom. The molecule has 104 valence electrons. The molecule has 0 radical (unpaired) electrons. The largest absolute Gasteiger partial charge is 0.454 e. The molecule has 0 saturated carbocycles.